The van der Waals surface area contributed by atoms with E-state index >= 15 is 0 Å². The van der Waals surface area contributed by atoms with Gasteiger partial charge in [-0.1, -0.05) is 12.1 Å². The first-order chi connectivity index (χ1) is 9.88. The average molecular weight is 361 g/mol. The van der Waals surface area contributed by atoms with Crippen LogP contribution in [0.15, 0.2) is 28.7 Å². The van der Waals surface area contributed by atoms with Gasteiger partial charge in [0, 0.05) is 12.2 Å². The number of fused-ring (bicyclic) bond motifs is 1. The van der Waals surface area contributed by atoms with E-state index in [0.29, 0.717) is 24.5 Å². The molecule has 112 valence electrons. The van der Waals surface area contributed by atoms with Gasteiger partial charge in [-0.05, 0) is 40.0 Å². The number of nitrogens with one attached hydrogen (secondary N) is 1. The second kappa shape index (κ2) is 4.94. The minimum Gasteiger partial charge on any atom is -0.399 e. The van der Waals surface area contributed by atoms with Crippen molar-refractivity contribution >= 4 is 27.4 Å². The van der Waals surface area contributed by atoms with E-state index in [0.717, 1.165) is 5.56 Å². The highest BCUT2D eigenvalue weighted by atomic mass is 79.9. The summed E-state index contributed by atoms with van der Waals surface area (Å²) in [6.07, 6.45) is -3.85. The van der Waals surface area contributed by atoms with Crippen molar-refractivity contribution in [1.82, 2.24) is 9.78 Å². The molecule has 1 unspecified atom stereocenters. The summed E-state index contributed by atoms with van der Waals surface area (Å²) in [5.74, 6) is 0.348. The van der Waals surface area contributed by atoms with Crippen LogP contribution in [0.4, 0.5) is 24.7 Å². The van der Waals surface area contributed by atoms with Gasteiger partial charge in [0.15, 0.2) is 5.69 Å². The van der Waals surface area contributed by atoms with E-state index in [9.17, 15) is 13.2 Å². The van der Waals surface area contributed by atoms with E-state index in [1.807, 2.05) is 6.07 Å². The molecule has 0 fully saturated rings. The number of aromatic nitrogens is 2. The molecule has 3 N–H and O–H groups in total. The van der Waals surface area contributed by atoms with Crippen LogP contribution in [-0.4, -0.2) is 16.3 Å². The molecular formula is C13H12BrF3N4. The van der Waals surface area contributed by atoms with Crippen molar-refractivity contribution < 1.29 is 13.2 Å². The summed E-state index contributed by atoms with van der Waals surface area (Å²) in [4.78, 5) is 0. The molecule has 0 saturated carbocycles. The van der Waals surface area contributed by atoms with Gasteiger partial charge in [0.05, 0.1) is 10.5 Å². The number of hydrogen-bond acceptors (Lipinski definition) is 3. The lowest BCUT2D eigenvalue weighted by molar-refractivity contribution is -0.142. The number of hydrogen-bond donors (Lipinski definition) is 2. The van der Waals surface area contributed by atoms with Gasteiger partial charge in [-0.25, -0.2) is 4.68 Å². The van der Waals surface area contributed by atoms with Crippen molar-refractivity contribution in [3.05, 3.63) is 40.0 Å². The summed E-state index contributed by atoms with van der Waals surface area (Å²) in [5, 5.41) is 6.71. The molecule has 3 rings (SSSR count). The van der Waals surface area contributed by atoms with Gasteiger partial charge >= 0.3 is 6.18 Å². The third-order valence-electron chi connectivity index (χ3n) is 3.42. The SMILES string of the molecule is Nc1cccc(C2CCNc3c(Br)c(C(F)(F)F)nn32)c1. The molecule has 21 heavy (non-hydrogen) atoms. The Balaban J connectivity index is 2.10. The summed E-state index contributed by atoms with van der Waals surface area (Å²) < 4.78 is 40.3. The van der Waals surface area contributed by atoms with E-state index in [1.165, 1.54) is 4.68 Å². The zero-order chi connectivity index (χ0) is 15.2. The molecule has 0 saturated heterocycles. The molecule has 2 aromatic rings. The maximum atomic E-state index is 13.0. The van der Waals surface area contributed by atoms with E-state index in [2.05, 4.69) is 26.3 Å². The minimum atomic E-state index is -4.49. The fraction of sp³-hybridized carbons (Fsp3) is 0.308. The maximum Gasteiger partial charge on any atom is 0.436 e. The van der Waals surface area contributed by atoms with Gasteiger partial charge in [-0.2, -0.15) is 18.3 Å². The van der Waals surface area contributed by atoms with Crippen molar-refractivity contribution in [1.29, 1.82) is 0 Å². The summed E-state index contributed by atoms with van der Waals surface area (Å²) in [5.41, 5.74) is 6.27. The van der Waals surface area contributed by atoms with Crippen molar-refractivity contribution in [2.24, 2.45) is 0 Å². The Morgan fingerprint density at radius 3 is 2.81 bits per heavy atom. The van der Waals surface area contributed by atoms with Crippen LogP contribution >= 0.6 is 15.9 Å². The standard InChI is InChI=1S/C13H12BrF3N4/c14-10-11(13(15,16)17)20-21-9(4-5-19-12(10)21)7-2-1-3-8(18)6-7/h1-3,6,9,19H,4-5,18H2. The van der Waals surface area contributed by atoms with Gasteiger partial charge < -0.3 is 11.1 Å². The topological polar surface area (TPSA) is 55.9 Å². The number of alkyl halides is 3. The maximum absolute atomic E-state index is 13.0. The van der Waals surface area contributed by atoms with Gasteiger partial charge in [0.2, 0.25) is 0 Å². The largest absolute Gasteiger partial charge is 0.436 e. The monoisotopic (exact) mass is 360 g/mol. The Kier molecular flexibility index (Phi) is 3.35. The lowest BCUT2D eigenvalue weighted by Crippen LogP contribution is -2.24. The highest BCUT2D eigenvalue weighted by molar-refractivity contribution is 9.10. The summed E-state index contributed by atoms with van der Waals surface area (Å²) in [6.45, 7) is 0.570. The van der Waals surface area contributed by atoms with E-state index in [4.69, 9.17) is 5.73 Å². The number of nitrogens with zero attached hydrogens (tertiary/aromatic N) is 2. The van der Waals surface area contributed by atoms with Crippen molar-refractivity contribution in [2.45, 2.75) is 18.6 Å². The van der Waals surface area contributed by atoms with Gasteiger partial charge in [0.1, 0.15) is 5.82 Å². The van der Waals surface area contributed by atoms with Crippen molar-refractivity contribution in [3.8, 4) is 0 Å². The van der Waals surface area contributed by atoms with Crippen LogP contribution in [0.2, 0.25) is 0 Å². The van der Waals surface area contributed by atoms with E-state index in [-0.39, 0.29) is 10.5 Å². The first kappa shape index (κ1) is 14.2. The van der Waals surface area contributed by atoms with Gasteiger partial charge in [0.25, 0.3) is 0 Å². The number of nitrogens with two attached hydrogens (primary N) is 1. The molecule has 0 aliphatic carbocycles. The summed E-state index contributed by atoms with van der Waals surface area (Å²) in [7, 11) is 0. The number of rotatable bonds is 1. The molecular weight excluding hydrogens is 349 g/mol. The summed E-state index contributed by atoms with van der Waals surface area (Å²) in [6, 6.07) is 6.88. The number of nitrogen functional groups attached to an aromatic ring is 1. The molecule has 0 spiro atoms. The number of anilines is 2. The zero-order valence-electron chi connectivity index (χ0n) is 10.8. The fourth-order valence-electron chi connectivity index (χ4n) is 2.50. The molecule has 8 heteroatoms. The molecule has 2 heterocycles. The minimum absolute atomic E-state index is 0.0522. The predicted octanol–water partition coefficient (Wildman–Crippen LogP) is 3.65. The normalized spacial score (nSPS) is 18.2. The van der Waals surface area contributed by atoms with Crippen LogP contribution in [-0.2, 0) is 6.18 Å². The van der Waals surface area contributed by atoms with Crippen LogP contribution in [0.1, 0.15) is 23.7 Å². The van der Waals surface area contributed by atoms with Crippen LogP contribution in [0.25, 0.3) is 0 Å². The van der Waals surface area contributed by atoms with Crippen LogP contribution < -0.4 is 11.1 Å². The molecule has 1 aliphatic rings. The quantitative estimate of drug-likeness (QED) is 0.763. The highest BCUT2D eigenvalue weighted by Crippen LogP contribution is 2.42. The van der Waals surface area contributed by atoms with Crippen molar-refractivity contribution in [2.75, 3.05) is 17.6 Å². The molecule has 0 radical (unpaired) electrons. The lowest BCUT2D eigenvalue weighted by Gasteiger charge is -2.26. The molecule has 1 atom stereocenters. The molecule has 0 bridgehead atoms. The second-order valence-corrected chi connectivity index (χ2v) is 5.65. The second-order valence-electron chi connectivity index (χ2n) is 4.85. The van der Waals surface area contributed by atoms with E-state index < -0.39 is 11.9 Å². The molecule has 1 aromatic heterocycles. The number of halogens is 4. The highest BCUT2D eigenvalue weighted by Gasteiger charge is 2.40. The third kappa shape index (κ3) is 2.48. The molecule has 0 amide bonds. The smallest absolute Gasteiger partial charge is 0.399 e. The lowest BCUT2D eigenvalue weighted by atomic mass is 10.0. The Bertz CT molecular complexity index is 681. The average Bonchev–Trinajstić information content (AvgIpc) is 2.76. The van der Waals surface area contributed by atoms with Gasteiger partial charge in [-0.3, -0.25) is 0 Å². The number of benzene rings is 1. The Hall–Kier alpha value is -1.70. The predicted molar refractivity (Wildman–Crippen MR) is 77.0 cm³/mol. The van der Waals surface area contributed by atoms with Crippen LogP contribution in [0, 0.1) is 0 Å². The Morgan fingerprint density at radius 2 is 2.14 bits per heavy atom. The first-order valence-corrected chi connectivity index (χ1v) is 7.11. The zero-order valence-corrected chi connectivity index (χ0v) is 12.4. The van der Waals surface area contributed by atoms with E-state index in [1.54, 1.807) is 18.2 Å². The third-order valence-corrected chi connectivity index (χ3v) is 4.17. The molecule has 1 aliphatic heterocycles. The van der Waals surface area contributed by atoms with Crippen LogP contribution in [0.3, 0.4) is 0 Å². The first-order valence-electron chi connectivity index (χ1n) is 6.32. The molecule has 4 nitrogen and oxygen atoms in total. The van der Waals surface area contributed by atoms with Crippen molar-refractivity contribution in [3.63, 3.8) is 0 Å². The Morgan fingerprint density at radius 1 is 1.38 bits per heavy atom. The van der Waals surface area contributed by atoms with Gasteiger partial charge in [-0.15, -0.1) is 0 Å². The fourth-order valence-corrected chi connectivity index (χ4v) is 3.13. The Labute approximate surface area is 127 Å². The molecule has 1 aromatic carbocycles. The van der Waals surface area contributed by atoms with Crippen LogP contribution in [0.5, 0.6) is 0 Å². The summed E-state index contributed by atoms with van der Waals surface area (Å²) >= 11 is 3.00.